The van der Waals surface area contributed by atoms with Gasteiger partial charge in [0.05, 0.1) is 24.1 Å². The first kappa shape index (κ1) is 17.9. The molecule has 144 valence electrons. The van der Waals surface area contributed by atoms with Crippen molar-refractivity contribution in [3.05, 3.63) is 36.0 Å². The van der Waals surface area contributed by atoms with Crippen LogP contribution in [0, 0.1) is 6.92 Å². The number of carbonyl (C=O) groups excluding carboxylic acids is 1. The Bertz CT molecular complexity index is 798. The summed E-state index contributed by atoms with van der Waals surface area (Å²) in [7, 11) is 0. The zero-order chi connectivity index (χ0) is 18.9. The van der Waals surface area contributed by atoms with Crippen LogP contribution in [0.5, 0.6) is 0 Å². The first-order chi connectivity index (χ1) is 13.1. The van der Waals surface area contributed by atoms with Gasteiger partial charge in [0, 0.05) is 45.1 Å². The molecule has 2 aromatic rings. The van der Waals surface area contributed by atoms with Gasteiger partial charge >= 0.3 is 0 Å². The van der Waals surface area contributed by atoms with Crippen molar-refractivity contribution in [2.24, 2.45) is 0 Å². The Hall–Kier alpha value is -2.48. The number of morpholine rings is 1. The molecule has 0 bridgehead atoms. The first-order valence-electron chi connectivity index (χ1n) is 9.59. The highest BCUT2D eigenvalue weighted by atomic mass is 16.5. The predicted molar refractivity (Wildman–Crippen MR) is 101 cm³/mol. The Balaban J connectivity index is 1.43. The van der Waals surface area contributed by atoms with Gasteiger partial charge in [-0.2, -0.15) is 5.10 Å². The van der Waals surface area contributed by atoms with Gasteiger partial charge in [-0.25, -0.2) is 4.98 Å². The Labute approximate surface area is 159 Å². The van der Waals surface area contributed by atoms with E-state index >= 15 is 0 Å². The van der Waals surface area contributed by atoms with Crippen LogP contribution in [0.3, 0.4) is 0 Å². The molecule has 2 aromatic heterocycles. The minimum absolute atomic E-state index is 0.0638. The minimum Gasteiger partial charge on any atom is -0.371 e. The van der Waals surface area contributed by atoms with E-state index in [1.54, 1.807) is 23.3 Å². The maximum absolute atomic E-state index is 12.9. The molecule has 4 heterocycles. The Kier molecular flexibility index (Phi) is 4.82. The summed E-state index contributed by atoms with van der Waals surface area (Å²) >= 11 is 0. The third-order valence-electron chi connectivity index (χ3n) is 5.50. The summed E-state index contributed by atoms with van der Waals surface area (Å²) in [5.41, 5.74) is 1.34. The van der Waals surface area contributed by atoms with Crippen molar-refractivity contribution in [2.45, 2.75) is 38.8 Å². The molecule has 0 N–H and O–H groups in total. The standard InChI is InChI=1S/C19H26N6O2/c1-3-25-16(12-15(2)22-25)18(26)23-8-4-19(5-9-23)14-24(10-11-27-19)17-13-20-6-7-21-17/h6-7,12-13H,3-5,8-11,14H2,1-2H3. The normalized spacial score (nSPS) is 19.5. The van der Waals surface area contributed by atoms with Crippen molar-refractivity contribution in [2.75, 3.05) is 37.7 Å². The molecular formula is C19H26N6O2. The molecule has 0 aromatic carbocycles. The van der Waals surface area contributed by atoms with Gasteiger partial charge < -0.3 is 14.5 Å². The smallest absolute Gasteiger partial charge is 0.272 e. The predicted octanol–water partition coefficient (Wildman–Crippen LogP) is 1.51. The van der Waals surface area contributed by atoms with Crippen LogP contribution >= 0.6 is 0 Å². The molecule has 0 aliphatic carbocycles. The average Bonchev–Trinajstić information content (AvgIpc) is 3.10. The second-order valence-electron chi connectivity index (χ2n) is 7.30. The molecular weight excluding hydrogens is 344 g/mol. The SMILES string of the molecule is CCn1nc(C)cc1C(=O)N1CCC2(CC1)CN(c1cnccn1)CCO2. The number of likely N-dealkylation sites (tertiary alicyclic amines) is 1. The molecule has 2 aliphatic rings. The van der Waals surface area contributed by atoms with E-state index in [4.69, 9.17) is 4.74 Å². The molecule has 8 heteroatoms. The lowest BCUT2D eigenvalue weighted by Gasteiger charge is -2.47. The number of ether oxygens (including phenoxy) is 1. The topological polar surface area (TPSA) is 76.4 Å². The van der Waals surface area contributed by atoms with Gasteiger partial charge in [0.25, 0.3) is 5.91 Å². The maximum atomic E-state index is 12.9. The number of aromatic nitrogens is 4. The summed E-state index contributed by atoms with van der Waals surface area (Å²) < 4.78 is 7.98. The molecule has 1 spiro atoms. The molecule has 4 rings (SSSR count). The number of anilines is 1. The Morgan fingerprint density at radius 1 is 1.26 bits per heavy atom. The zero-order valence-electron chi connectivity index (χ0n) is 16.0. The van der Waals surface area contributed by atoms with Gasteiger partial charge in [-0.3, -0.25) is 14.5 Å². The van der Waals surface area contributed by atoms with Crippen LogP contribution in [-0.4, -0.2) is 68.9 Å². The molecule has 0 unspecified atom stereocenters. The van der Waals surface area contributed by atoms with E-state index < -0.39 is 0 Å². The number of nitrogens with zero attached hydrogens (tertiary/aromatic N) is 6. The summed E-state index contributed by atoms with van der Waals surface area (Å²) in [5, 5.41) is 4.40. The summed E-state index contributed by atoms with van der Waals surface area (Å²) in [6.07, 6.45) is 6.86. The third-order valence-corrected chi connectivity index (χ3v) is 5.50. The van der Waals surface area contributed by atoms with E-state index in [1.165, 1.54) is 0 Å². The maximum Gasteiger partial charge on any atom is 0.272 e. The van der Waals surface area contributed by atoms with Crippen LogP contribution in [-0.2, 0) is 11.3 Å². The molecule has 1 amide bonds. The monoisotopic (exact) mass is 370 g/mol. The van der Waals surface area contributed by atoms with Crippen LogP contribution in [0.4, 0.5) is 5.82 Å². The molecule has 0 radical (unpaired) electrons. The van der Waals surface area contributed by atoms with Gasteiger partial charge in [-0.05, 0) is 32.8 Å². The zero-order valence-corrected chi connectivity index (χ0v) is 16.0. The van der Waals surface area contributed by atoms with E-state index in [1.807, 2.05) is 24.8 Å². The van der Waals surface area contributed by atoms with Crippen molar-refractivity contribution in [1.29, 1.82) is 0 Å². The van der Waals surface area contributed by atoms with Crippen molar-refractivity contribution in [1.82, 2.24) is 24.6 Å². The Morgan fingerprint density at radius 2 is 2.07 bits per heavy atom. The van der Waals surface area contributed by atoms with E-state index in [2.05, 4.69) is 20.0 Å². The number of carbonyl (C=O) groups is 1. The van der Waals surface area contributed by atoms with Crippen LogP contribution in [0.2, 0.25) is 0 Å². The average molecular weight is 370 g/mol. The summed E-state index contributed by atoms with van der Waals surface area (Å²) in [6, 6.07) is 1.88. The fourth-order valence-electron chi connectivity index (χ4n) is 4.04. The number of piperidine rings is 1. The van der Waals surface area contributed by atoms with E-state index in [0.717, 1.165) is 37.4 Å². The first-order valence-corrected chi connectivity index (χ1v) is 9.59. The lowest BCUT2D eigenvalue weighted by Crippen LogP contribution is -2.57. The van der Waals surface area contributed by atoms with Crippen molar-refractivity contribution in [3.63, 3.8) is 0 Å². The summed E-state index contributed by atoms with van der Waals surface area (Å²) in [5.74, 6) is 0.954. The van der Waals surface area contributed by atoms with Crippen LogP contribution in [0.25, 0.3) is 0 Å². The number of amides is 1. The molecule has 8 nitrogen and oxygen atoms in total. The van der Waals surface area contributed by atoms with Gasteiger partial charge in [0.1, 0.15) is 11.5 Å². The van der Waals surface area contributed by atoms with Gasteiger partial charge in [0.15, 0.2) is 0 Å². The second kappa shape index (κ2) is 7.26. The van der Waals surface area contributed by atoms with Crippen LogP contribution in [0.1, 0.15) is 35.9 Å². The number of hydrogen-bond acceptors (Lipinski definition) is 6. The largest absolute Gasteiger partial charge is 0.371 e. The van der Waals surface area contributed by atoms with Crippen molar-refractivity contribution >= 4 is 11.7 Å². The Morgan fingerprint density at radius 3 is 2.78 bits per heavy atom. The van der Waals surface area contributed by atoms with E-state index in [9.17, 15) is 4.79 Å². The fraction of sp³-hybridized carbons (Fsp3) is 0.579. The number of aryl methyl sites for hydroxylation is 2. The number of rotatable bonds is 3. The minimum atomic E-state index is -0.215. The summed E-state index contributed by atoms with van der Waals surface area (Å²) in [6.45, 7) is 8.30. The van der Waals surface area contributed by atoms with Gasteiger partial charge in [-0.15, -0.1) is 0 Å². The molecule has 2 aliphatic heterocycles. The van der Waals surface area contributed by atoms with E-state index in [-0.39, 0.29) is 11.5 Å². The van der Waals surface area contributed by atoms with Gasteiger partial charge in [-0.1, -0.05) is 0 Å². The molecule has 0 saturated carbocycles. The highest BCUT2D eigenvalue weighted by Gasteiger charge is 2.41. The van der Waals surface area contributed by atoms with Gasteiger partial charge in [0.2, 0.25) is 0 Å². The highest BCUT2D eigenvalue weighted by Crippen LogP contribution is 2.32. The molecule has 27 heavy (non-hydrogen) atoms. The molecule has 2 fully saturated rings. The van der Waals surface area contributed by atoms with Crippen LogP contribution in [0.15, 0.2) is 24.7 Å². The lowest BCUT2D eigenvalue weighted by atomic mass is 9.89. The van der Waals surface area contributed by atoms with Crippen molar-refractivity contribution in [3.8, 4) is 0 Å². The second-order valence-corrected chi connectivity index (χ2v) is 7.30. The quantitative estimate of drug-likeness (QED) is 0.815. The highest BCUT2D eigenvalue weighted by molar-refractivity contribution is 5.92. The molecule has 0 atom stereocenters. The molecule has 2 saturated heterocycles. The third kappa shape index (κ3) is 3.53. The number of hydrogen-bond donors (Lipinski definition) is 0. The summed E-state index contributed by atoms with van der Waals surface area (Å²) in [4.78, 5) is 25.7. The van der Waals surface area contributed by atoms with E-state index in [0.29, 0.717) is 31.9 Å². The van der Waals surface area contributed by atoms with Crippen molar-refractivity contribution < 1.29 is 9.53 Å². The lowest BCUT2D eigenvalue weighted by molar-refractivity contribution is -0.0871. The van der Waals surface area contributed by atoms with Crippen LogP contribution < -0.4 is 4.90 Å². The fourth-order valence-corrected chi connectivity index (χ4v) is 4.04.